The van der Waals surface area contributed by atoms with E-state index in [9.17, 15) is 4.39 Å². The van der Waals surface area contributed by atoms with Gasteiger partial charge in [0.05, 0.1) is 23.9 Å². The van der Waals surface area contributed by atoms with E-state index < -0.39 is 6.17 Å². The van der Waals surface area contributed by atoms with Crippen molar-refractivity contribution in [1.82, 2.24) is 20.3 Å². The molecule has 2 aromatic heterocycles. The summed E-state index contributed by atoms with van der Waals surface area (Å²) < 4.78 is 19.3. The van der Waals surface area contributed by atoms with Gasteiger partial charge in [0.15, 0.2) is 5.82 Å². The van der Waals surface area contributed by atoms with Crippen molar-refractivity contribution in [2.75, 3.05) is 49.5 Å². The predicted octanol–water partition coefficient (Wildman–Crippen LogP) is 2.64. The number of nitrogens with one attached hydrogen (secondary N) is 2. The van der Waals surface area contributed by atoms with Crippen LogP contribution in [-0.2, 0) is 4.74 Å². The number of ether oxygens (including phenoxy) is 1. The lowest BCUT2D eigenvalue weighted by molar-refractivity contribution is 0.0372. The summed E-state index contributed by atoms with van der Waals surface area (Å²) in [5.74, 6) is 0.702. The number of pyridine rings is 1. The van der Waals surface area contributed by atoms with E-state index in [0.29, 0.717) is 31.9 Å². The molecule has 5 rings (SSSR count). The standard InChI is InChI=1S/C22H25FN6O/c23-16-5-9-29(14-16)17-3-1-15(2-4-17)19-11-20-21(26-7-6-25-20)22(28-19)27-13-18-12-24-8-10-30-18/h1-4,6-7,11,16,18,24H,5,8-10,12-14H2,(H,27,28)/t16-,18-/m0/s1. The van der Waals surface area contributed by atoms with Crippen molar-refractivity contribution in [1.29, 1.82) is 0 Å². The van der Waals surface area contributed by atoms with Gasteiger partial charge in [-0.05, 0) is 24.6 Å². The highest BCUT2D eigenvalue weighted by Gasteiger charge is 2.22. The Balaban J connectivity index is 1.41. The molecule has 4 heterocycles. The average molecular weight is 408 g/mol. The first kappa shape index (κ1) is 19.1. The quantitative estimate of drug-likeness (QED) is 0.672. The molecule has 0 saturated carbocycles. The molecule has 2 aliphatic rings. The van der Waals surface area contributed by atoms with Gasteiger partial charge in [-0.15, -0.1) is 0 Å². The molecule has 3 aromatic rings. The van der Waals surface area contributed by atoms with Crippen LogP contribution in [0, 0.1) is 0 Å². The first-order chi connectivity index (χ1) is 14.8. The second-order valence-electron chi connectivity index (χ2n) is 7.74. The van der Waals surface area contributed by atoms with Crippen molar-refractivity contribution in [2.24, 2.45) is 0 Å². The summed E-state index contributed by atoms with van der Waals surface area (Å²) in [6.07, 6.45) is 3.32. The summed E-state index contributed by atoms with van der Waals surface area (Å²) in [5.41, 5.74) is 4.38. The van der Waals surface area contributed by atoms with Crippen molar-refractivity contribution in [3.63, 3.8) is 0 Å². The summed E-state index contributed by atoms with van der Waals surface area (Å²) >= 11 is 0. The lowest BCUT2D eigenvalue weighted by Gasteiger charge is -2.24. The third-order valence-corrected chi connectivity index (χ3v) is 5.62. The first-order valence-electron chi connectivity index (χ1n) is 10.4. The van der Waals surface area contributed by atoms with Crippen LogP contribution < -0.4 is 15.5 Å². The van der Waals surface area contributed by atoms with Gasteiger partial charge in [0, 0.05) is 56.4 Å². The van der Waals surface area contributed by atoms with E-state index in [1.165, 1.54) is 0 Å². The van der Waals surface area contributed by atoms with Crippen molar-refractivity contribution < 1.29 is 9.13 Å². The Bertz CT molecular complexity index is 1010. The molecule has 1 aromatic carbocycles. The number of fused-ring (bicyclic) bond motifs is 1. The largest absolute Gasteiger partial charge is 0.374 e. The molecule has 0 bridgehead atoms. The van der Waals surface area contributed by atoms with Crippen molar-refractivity contribution >= 4 is 22.5 Å². The van der Waals surface area contributed by atoms with Crippen LogP contribution in [0.25, 0.3) is 22.3 Å². The maximum Gasteiger partial charge on any atom is 0.154 e. The fraction of sp³-hybridized carbons (Fsp3) is 0.409. The maximum absolute atomic E-state index is 13.5. The third kappa shape index (κ3) is 4.06. The van der Waals surface area contributed by atoms with Gasteiger partial charge in [-0.2, -0.15) is 0 Å². The summed E-state index contributed by atoms with van der Waals surface area (Å²) in [6.45, 7) is 4.29. The number of alkyl halides is 1. The Kier molecular flexibility index (Phi) is 5.42. The molecule has 0 amide bonds. The molecule has 30 heavy (non-hydrogen) atoms. The van der Waals surface area contributed by atoms with Gasteiger partial charge in [0.1, 0.15) is 11.7 Å². The molecule has 2 N–H and O–H groups in total. The Hall–Kier alpha value is -2.84. The molecule has 2 fully saturated rings. The van der Waals surface area contributed by atoms with E-state index in [4.69, 9.17) is 9.72 Å². The van der Waals surface area contributed by atoms with Gasteiger partial charge in [-0.25, -0.2) is 14.4 Å². The summed E-state index contributed by atoms with van der Waals surface area (Å²) in [6, 6.07) is 10.1. The summed E-state index contributed by atoms with van der Waals surface area (Å²) in [7, 11) is 0. The Morgan fingerprint density at radius 3 is 2.83 bits per heavy atom. The van der Waals surface area contributed by atoms with E-state index in [2.05, 4.69) is 25.5 Å². The number of halogens is 1. The van der Waals surface area contributed by atoms with Crippen LogP contribution in [0.1, 0.15) is 6.42 Å². The minimum absolute atomic E-state index is 0.0926. The number of anilines is 2. The highest BCUT2D eigenvalue weighted by molar-refractivity contribution is 5.88. The number of benzene rings is 1. The van der Waals surface area contributed by atoms with Gasteiger partial charge in [0.2, 0.25) is 0 Å². The molecule has 8 heteroatoms. The Morgan fingerprint density at radius 2 is 2.07 bits per heavy atom. The lowest BCUT2D eigenvalue weighted by atomic mass is 10.1. The molecule has 0 radical (unpaired) electrons. The van der Waals surface area contributed by atoms with E-state index in [-0.39, 0.29) is 6.10 Å². The van der Waals surface area contributed by atoms with Crippen molar-refractivity contribution in [3.05, 3.63) is 42.7 Å². The highest BCUT2D eigenvalue weighted by Crippen LogP contribution is 2.28. The number of aromatic nitrogens is 3. The second-order valence-corrected chi connectivity index (χ2v) is 7.74. The highest BCUT2D eigenvalue weighted by atomic mass is 19.1. The molecule has 7 nitrogen and oxygen atoms in total. The van der Waals surface area contributed by atoms with Crippen molar-refractivity contribution in [2.45, 2.75) is 18.7 Å². The number of hydrogen-bond donors (Lipinski definition) is 2. The SMILES string of the molecule is F[C@H]1CCN(c2ccc(-c3cc4nccnc4c(NC[C@@H]4CNCCO4)n3)cc2)C1. The minimum Gasteiger partial charge on any atom is -0.374 e. The van der Waals surface area contributed by atoms with Crippen LogP contribution in [0.2, 0.25) is 0 Å². The lowest BCUT2D eigenvalue weighted by Crippen LogP contribution is -2.42. The van der Waals surface area contributed by atoms with Gasteiger partial charge in [-0.1, -0.05) is 12.1 Å². The van der Waals surface area contributed by atoms with Crippen LogP contribution in [0.4, 0.5) is 15.9 Å². The normalized spacial score (nSPS) is 21.8. The first-order valence-corrected chi connectivity index (χ1v) is 10.4. The third-order valence-electron chi connectivity index (χ3n) is 5.62. The van der Waals surface area contributed by atoms with E-state index in [1.54, 1.807) is 12.4 Å². The zero-order valence-electron chi connectivity index (χ0n) is 16.7. The predicted molar refractivity (Wildman–Crippen MR) is 116 cm³/mol. The van der Waals surface area contributed by atoms with E-state index >= 15 is 0 Å². The maximum atomic E-state index is 13.5. The average Bonchev–Trinajstić information content (AvgIpc) is 3.24. The fourth-order valence-electron chi connectivity index (χ4n) is 4.00. The molecule has 2 aliphatic heterocycles. The summed E-state index contributed by atoms with van der Waals surface area (Å²) in [4.78, 5) is 15.9. The molecule has 2 saturated heterocycles. The molecule has 2 atom stereocenters. The molecular formula is C22H25FN6O. The van der Waals surface area contributed by atoms with E-state index in [0.717, 1.165) is 47.6 Å². The van der Waals surface area contributed by atoms with Crippen LogP contribution >= 0.6 is 0 Å². The van der Waals surface area contributed by atoms with E-state index in [1.807, 2.05) is 30.3 Å². The van der Waals surface area contributed by atoms with Crippen LogP contribution in [0.3, 0.4) is 0 Å². The number of hydrogen-bond acceptors (Lipinski definition) is 7. The molecule has 0 spiro atoms. The molecular weight excluding hydrogens is 383 g/mol. The van der Waals surface area contributed by atoms with Crippen LogP contribution in [-0.4, -0.2) is 66.6 Å². The van der Waals surface area contributed by atoms with Gasteiger partial charge in [0.25, 0.3) is 0 Å². The topological polar surface area (TPSA) is 75.2 Å². The zero-order valence-corrected chi connectivity index (χ0v) is 16.7. The smallest absolute Gasteiger partial charge is 0.154 e. The molecule has 0 aliphatic carbocycles. The minimum atomic E-state index is -0.734. The number of rotatable bonds is 5. The zero-order chi connectivity index (χ0) is 20.3. The molecule has 156 valence electrons. The van der Waals surface area contributed by atoms with Crippen LogP contribution in [0.15, 0.2) is 42.7 Å². The monoisotopic (exact) mass is 408 g/mol. The fourth-order valence-corrected chi connectivity index (χ4v) is 4.00. The van der Waals surface area contributed by atoms with Crippen LogP contribution in [0.5, 0.6) is 0 Å². The van der Waals surface area contributed by atoms with Gasteiger partial charge < -0.3 is 20.3 Å². The van der Waals surface area contributed by atoms with Gasteiger partial charge in [-0.3, -0.25) is 4.98 Å². The van der Waals surface area contributed by atoms with Gasteiger partial charge >= 0.3 is 0 Å². The second kappa shape index (κ2) is 8.49. The Labute approximate surface area is 174 Å². The number of nitrogens with zero attached hydrogens (tertiary/aromatic N) is 4. The Morgan fingerprint density at radius 1 is 1.20 bits per heavy atom. The summed E-state index contributed by atoms with van der Waals surface area (Å²) in [5, 5.41) is 6.74. The molecule has 0 unspecified atom stereocenters. The number of morpholine rings is 1. The van der Waals surface area contributed by atoms with Crippen molar-refractivity contribution in [3.8, 4) is 11.3 Å².